The lowest BCUT2D eigenvalue weighted by molar-refractivity contribution is -0.252. The Kier molecular flexibility index (Phi) is 5.62. The number of nitrogens with zero attached hydrogens (tertiary/aromatic N) is 2. The fraction of sp³-hybridized carbons (Fsp3) is 0.278. The predicted octanol–water partition coefficient (Wildman–Crippen LogP) is 3.91. The van der Waals surface area contributed by atoms with Crippen LogP contribution in [0.25, 0.3) is 11.1 Å². The van der Waals surface area contributed by atoms with Gasteiger partial charge in [0.2, 0.25) is 5.13 Å². The maximum absolute atomic E-state index is 12.8. The molecule has 0 aliphatic heterocycles. The van der Waals surface area contributed by atoms with E-state index in [0.29, 0.717) is 29.8 Å². The number of anilines is 1. The van der Waals surface area contributed by atoms with Gasteiger partial charge in [0.25, 0.3) is 5.91 Å². The van der Waals surface area contributed by atoms with Gasteiger partial charge in [0, 0.05) is 23.5 Å². The van der Waals surface area contributed by atoms with Crippen molar-refractivity contribution in [1.82, 2.24) is 9.36 Å². The van der Waals surface area contributed by atoms with E-state index < -0.39 is 24.1 Å². The summed E-state index contributed by atoms with van der Waals surface area (Å²) in [6, 6.07) is 8.68. The predicted molar refractivity (Wildman–Crippen MR) is 98.9 cm³/mol. The second kappa shape index (κ2) is 7.84. The van der Waals surface area contributed by atoms with E-state index in [2.05, 4.69) is 14.7 Å². The normalized spacial score (nSPS) is 13.7. The number of hydrogen-bond acceptors (Lipinski definition) is 7. The first-order valence-corrected chi connectivity index (χ1v) is 9.02. The Labute approximate surface area is 167 Å². The summed E-state index contributed by atoms with van der Waals surface area (Å²) in [6.45, 7) is 0.634. The quantitative estimate of drug-likeness (QED) is 0.619. The molecule has 1 unspecified atom stereocenters. The number of ether oxygens (including phenoxy) is 1. The van der Waals surface area contributed by atoms with Crippen molar-refractivity contribution in [1.29, 1.82) is 0 Å². The molecule has 0 aliphatic carbocycles. The SMILES string of the molecule is COc1cccc(-c2coc(C(=O)Nc3nc(CC(C)(O)C(F)(F)F)ns3)c2)c1. The Hall–Kier alpha value is -2.92. The highest BCUT2D eigenvalue weighted by Crippen LogP contribution is 2.33. The molecule has 7 nitrogen and oxygen atoms in total. The topological polar surface area (TPSA) is 97.5 Å². The van der Waals surface area contributed by atoms with Gasteiger partial charge in [0.15, 0.2) is 11.4 Å². The van der Waals surface area contributed by atoms with E-state index in [9.17, 15) is 23.1 Å². The zero-order valence-corrected chi connectivity index (χ0v) is 16.1. The highest BCUT2D eigenvalue weighted by molar-refractivity contribution is 7.09. The van der Waals surface area contributed by atoms with Crippen molar-refractivity contribution in [2.45, 2.75) is 25.1 Å². The van der Waals surface area contributed by atoms with Crippen LogP contribution >= 0.6 is 11.5 Å². The molecule has 0 radical (unpaired) electrons. The van der Waals surface area contributed by atoms with E-state index in [4.69, 9.17) is 9.15 Å². The zero-order chi connectivity index (χ0) is 21.2. The van der Waals surface area contributed by atoms with Crippen LogP contribution in [0.2, 0.25) is 0 Å². The molecule has 0 spiro atoms. The van der Waals surface area contributed by atoms with Gasteiger partial charge < -0.3 is 14.3 Å². The first-order valence-electron chi connectivity index (χ1n) is 8.25. The minimum absolute atomic E-state index is 0.0118. The summed E-state index contributed by atoms with van der Waals surface area (Å²) in [5, 5.41) is 11.9. The minimum Gasteiger partial charge on any atom is -0.497 e. The van der Waals surface area contributed by atoms with Crippen LogP contribution in [0.3, 0.4) is 0 Å². The number of amides is 1. The summed E-state index contributed by atoms with van der Waals surface area (Å²) < 4.78 is 52.4. The Balaban J connectivity index is 1.69. The lowest BCUT2D eigenvalue weighted by Crippen LogP contribution is -2.44. The standard InChI is InChI=1S/C18H16F3N3O4S/c1-17(26,18(19,20)21)8-14-22-16(29-24-14)23-15(25)13-7-11(9-28-13)10-4-3-5-12(6-10)27-2/h3-7,9,26H,8H2,1-2H3,(H,22,23,24,25). The maximum Gasteiger partial charge on any atom is 0.417 e. The van der Waals surface area contributed by atoms with Crippen molar-refractivity contribution in [3.05, 3.63) is 48.2 Å². The second-order valence-electron chi connectivity index (χ2n) is 6.35. The summed E-state index contributed by atoms with van der Waals surface area (Å²) in [4.78, 5) is 16.1. The van der Waals surface area contributed by atoms with Gasteiger partial charge in [-0.1, -0.05) is 12.1 Å². The average Bonchev–Trinajstić information content (AvgIpc) is 3.30. The number of nitrogens with one attached hydrogen (secondary N) is 1. The van der Waals surface area contributed by atoms with Crippen LogP contribution in [0.1, 0.15) is 23.3 Å². The van der Waals surface area contributed by atoms with E-state index in [-0.39, 0.29) is 16.7 Å². The van der Waals surface area contributed by atoms with Gasteiger partial charge in [0.05, 0.1) is 13.4 Å². The first kappa shape index (κ1) is 20.8. The van der Waals surface area contributed by atoms with Gasteiger partial charge in [-0.15, -0.1) is 0 Å². The maximum atomic E-state index is 12.8. The molecule has 0 bridgehead atoms. The van der Waals surface area contributed by atoms with Crippen molar-refractivity contribution < 1.29 is 32.2 Å². The lowest BCUT2D eigenvalue weighted by Gasteiger charge is -2.24. The molecule has 29 heavy (non-hydrogen) atoms. The Morgan fingerprint density at radius 1 is 1.31 bits per heavy atom. The number of rotatable bonds is 6. The molecule has 154 valence electrons. The molecule has 3 rings (SSSR count). The third-order valence-corrected chi connectivity index (χ3v) is 4.70. The van der Waals surface area contributed by atoms with Crippen molar-refractivity contribution >= 4 is 22.6 Å². The number of aliphatic hydroxyl groups is 1. The summed E-state index contributed by atoms with van der Waals surface area (Å²) >= 11 is 0.702. The molecule has 0 aliphatic rings. The molecule has 2 aromatic heterocycles. The molecule has 2 heterocycles. The van der Waals surface area contributed by atoms with Crippen LogP contribution in [-0.2, 0) is 6.42 Å². The van der Waals surface area contributed by atoms with Crippen LogP contribution in [0.5, 0.6) is 5.75 Å². The van der Waals surface area contributed by atoms with E-state index in [1.54, 1.807) is 18.2 Å². The molecular weight excluding hydrogens is 411 g/mol. The van der Waals surface area contributed by atoms with Gasteiger partial charge in [-0.3, -0.25) is 10.1 Å². The van der Waals surface area contributed by atoms with Crippen molar-refractivity contribution in [2.24, 2.45) is 0 Å². The van der Waals surface area contributed by atoms with E-state index >= 15 is 0 Å². The Morgan fingerprint density at radius 3 is 2.76 bits per heavy atom. The van der Waals surface area contributed by atoms with Crippen molar-refractivity contribution in [3.8, 4) is 16.9 Å². The number of methoxy groups -OCH3 is 1. The zero-order valence-electron chi connectivity index (χ0n) is 15.3. The number of halogens is 3. The highest BCUT2D eigenvalue weighted by atomic mass is 32.1. The second-order valence-corrected chi connectivity index (χ2v) is 7.10. The van der Waals surface area contributed by atoms with Gasteiger partial charge in [-0.25, -0.2) is 4.98 Å². The van der Waals surface area contributed by atoms with Crippen molar-refractivity contribution in [2.75, 3.05) is 12.4 Å². The highest BCUT2D eigenvalue weighted by Gasteiger charge is 2.50. The van der Waals surface area contributed by atoms with Crippen LogP contribution in [0.15, 0.2) is 41.0 Å². The smallest absolute Gasteiger partial charge is 0.417 e. The monoisotopic (exact) mass is 427 g/mol. The molecular formula is C18H16F3N3O4S. The number of benzene rings is 1. The third-order valence-electron chi connectivity index (χ3n) is 4.03. The Bertz CT molecular complexity index is 1010. The fourth-order valence-corrected chi connectivity index (χ4v) is 2.93. The van der Waals surface area contributed by atoms with Gasteiger partial charge in [-0.05, 0) is 30.7 Å². The molecule has 0 fully saturated rings. The average molecular weight is 427 g/mol. The van der Waals surface area contributed by atoms with Crippen LogP contribution in [0, 0.1) is 0 Å². The van der Waals surface area contributed by atoms with Crippen molar-refractivity contribution in [3.63, 3.8) is 0 Å². The molecule has 3 aromatic rings. The molecule has 2 N–H and O–H groups in total. The third kappa shape index (κ3) is 4.74. The summed E-state index contributed by atoms with van der Waals surface area (Å²) in [7, 11) is 1.54. The van der Waals surface area contributed by atoms with E-state index in [0.717, 1.165) is 5.56 Å². The number of furan rings is 1. The molecule has 0 saturated heterocycles. The number of carbonyl (C=O) groups excluding carboxylic acids is 1. The van der Waals surface area contributed by atoms with Gasteiger partial charge in [-0.2, -0.15) is 17.5 Å². The summed E-state index contributed by atoms with van der Waals surface area (Å²) in [6.07, 6.45) is -4.26. The van der Waals surface area contributed by atoms with E-state index in [1.165, 1.54) is 19.4 Å². The molecule has 0 saturated carbocycles. The number of carbonyl (C=O) groups is 1. The fourth-order valence-electron chi connectivity index (χ4n) is 2.35. The number of alkyl halides is 3. The molecule has 11 heteroatoms. The van der Waals surface area contributed by atoms with Gasteiger partial charge in [0.1, 0.15) is 11.6 Å². The lowest BCUT2D eigenvalue weighted by atomic mass is 10.0. The Morgan fingerprint density at radius 2 is 2.07 bits per heavy atom. The molecule has 1 atom stereocenters. The molecule has 1 aromatic carbocycles. The minimum atomic E-state index is -4.83. The van der Waals surface area contributed by atoms with E-state index in [1.807, 2.05) is 6.07 Å². The largest absolute Gasteiger partial charge is 0.497 e. The van der Waals surface area contributed by atoms with Crippen LogP contribution in [0.4, 0.5) is 18.3 Å². The van der Waals surface area contributed by atoms with Crippen LogP contribution in [-0.4, -0.2) is 39.3 Å². The molecule has 1 amide bonds. The summed E-state index contributed by atoms with van der Waals surface area (Å²) in [5.74, 6) is -0.235. The van der Waals surface area contributed by atoms with Crippen LogP contribution < -0.4 is 10.1 Å². The number of hydrogen-bond donors (Lipinski definition) is 2. The summed E-state index contributed by atoms with van der Waals surface area (Å²) in [5.41, 5.74) is -1.55. The van der Waals surface area contributed by atoms with Gasteiger partial charge >= 0.3 is 6.18 Å². The first-order chi connectivity index (χ1) is 13.6. The number of aromatic nitrogens is 2.